The van der Waals surface area contributed by atoms with Gasteiger partial charge in [0.25, 0.3) is 0 Å². The summed E-state index contributed by atoms with van der Waals surface area (Å²) in [4.78, 5) is 3.57. The summed E-state index contributed by atoms with van der Waals surface area (Å²) in [5.74, 6) is 0.642. The number of aromatic nitrogens is 3. The number of hydrogen-bond donors (Lipinski definition) is 1. The molecule has 0 bridgehead atoms. The molecule has 0 aliphatic heterocycles. The van der Waals surface area contributed by atoms with Crippen LogP contribution in [0.2, 0.25) is 0 Å². The van der Waals surface area contributed by atoms with E-state index >= 15 is 0 Å². The number of nitrogens with one attached hydrogen (secondary N) is 1. The van der Waals surface area contributed by atoms with Crippen molar-refractivity contribution in [1.82, 2.24) is 14.8 Å². The van der Waals surface area contributed by atoms with Crippen LogP contribution >= 0.6 is 0 Å². The van der Waals surface area contributed by atoms with E-state index in [1.807, 2.05) is 6.07 Å². The summed E-state index contributed by atoms with van der Waals surface area (Å²) in [6, 6.07) is 2.34. The van der Waals surface area contributed by atoms with E-state index in [1.54, 1.807) is 17.0 Å². The predicted molar refractivity (Wildman–Crippen MR) is 74.3 cm³/mol. The van der Waals surface area contributed by atoms with E-state index in [-0.39, 0.29) is 0 Å². The average molecular weight is 255 g/mol. The third kappa shape index (κ3) is 2.14. The highest BCUT2D eigenvalue weighted by atomic mass is 15.4. The Morgan fingerprint density at radius 3 is 3.00 bits per heavy atom. The second-order valence-electron chi connectivity index (χ2n) is 5.24. The highest BCUT2D eigenvalue weighted by Crippen LogP contribution is 2.33. The Labute approximate surface area is 112 Å². The lowest BCUT2D eigenvalue weighted by molar-refractivity contribution is 0.350. The van der Waals surface area contributed by atoms with Crippen LogP contribution in [-0.2, 0) is 0 Å². The molecule has 0 aromatic carbocycles. The topological polar surface area (TPSA) is 46.6 Å². The van der Waals surface area contributed by atoms with Crippen molar-refractivity contribution in [2.75, 3.05) is 5.32 Å². The molecule has 1 aliphatic rings. The molecule has 0 amide bonds. The minimum atomic E-state index is 0.440. The van der Waals surface area contributed by atoms with Gasteiger partial charge < -0.3 is 5.32 Å². The Hall–Kier alpha value is -2.09. The van der Waals surface area contributed by atoms with Gasteiger partial charge >= 0.3 is 0 Å². The van der Waals surface area contributed by atoms with Crippen molar-refractivity contribution in [3.63, 3.8) is 0 Å². The molecule has 98 valence electrons. The largest absolute Gasteiger partial charge is 0.389 e. The molecule has 19 heavy (non-hydrogen) atoms. The van der Waals surface area contributed by atoms with Gasteiger partial charge in [-0.15, -0.1) is 0 Å². The minimum Gasteiger partial charge on any atom is -0.389 e. The van der Waals surface area contributed by atoms with Gasteiger partial charge in [-0.25, -0.2) is 4.85 Å². The van der Waals surface area contributed by atoms with E-state index in [2.05, 4.69) is 27.3 Å². The second-order valence-corrected chi connectivity index (χ2v) is 5.24. The molecule has 5 heteroatoms. The fourth-order valence-corrected chi connectivity index (χ4v) is 2.83. The first kappa shape index (κ1) is 12.0. The van der Waals surface area contributed by atoms with Gasteiger partial charge in [-0.05, 0) is 24.8 Å². The molecule has 2 aromatic heterocycles. The molecular weight excluding hydrogens is 238 g/mol. The molecule has 2 unspecified atom stereocenters. The van der Waals surface area contributed by atoms with E-state index < -0.39 is 0 Å². The van der Waals surface area contributed by atoms with Gasteiger partial charge in [0.2, 0.25) is 5.69 Å². The first-order chi connectivity index (χ1) is 9.29. The molecule has 1 fully saturated rings. The first-order valence-electron chi connectivity index (χ1n) is 6.76. The highest BCUT2D eigenvalue weighted by Gasteiger charge is 2.23. The molecule has 2 atom stereocenters. The summed E-state index contributed by atoms with van der Waals surface area (Å²) in [5.41, 5.74) is 2.33. The lowest BCUT2D eigenvalue weighted by Crippen LogP contribution is -2.30. The lowest BCUT2D eigenvalue weighted by Gasteiger charge is -2.30. The van der Waals surface area contributed by atoms with Crippen molar-refractivity contribution in [1.29, 1.82) is 0 Å². The van der Waals surface area contributed by atoms with Gasteiger partial charge in [0.05, 0.1) is 30.2 Å². The molecule has 1 saturated carbocycles. The van der Waals surface area contributed by atoms with E-state index in [0.717, 1.165) is 11.2 Å². The lowest BCUT2D eigenvalue weighted by atomic mass is 9.86. The number of fused-ring (bicyclic) bond motifs is 1. The Balaban J connectivity index is 1.98. The van der Waals surface area contributed by atoms with Gasteiger partial charge in [0, 0.05) is 6.04 Å². The van der Waals surface area contributed by atoms with Crippen molar-refractivity contribution >= 4 is 16.9 Å². The van der Waals surface area contributed by atoms with Gasteiger partial charge in [-0.1, -0.05) is 19.8 Å². The van der Waals surface area contributed by atoms with Crippen molar-refractivity contribution in [2.45, 2.75) is 38.6 Å². The van der Waals surface area contributed by atoms with Gasteiger partial charge in [-0.2, -0.15) is 14.8 Å². The van der Waals surface area contributed by atoms with E-state index in [0.29, 0.717) is 17.6 Å². The van der Waals surface area contributed by atoms with E-state index in [1.165, 1.54) is 25.7 Å². The van der Waals surface area contributed by atoms with Gasteiger partial charge in [-0.3, -0.25) is 0 Å². The van der Waals surface area contributed by atoms with Crippen LogP contribution in [0.3, 0.4) is 0 Å². The number of hydrogen-bond acceptors (Lipinski definition) is 3. The molecule has 0 radical (unpaired) electrons. The summed E-state index contributed by atoms with van der Waals surface area (Å²) in [6.07, 6.45) is 8.30. The fraction of sp³-hybridized carbons (Fsp3) is 0.500. The Bertz CT molecular complexity index is 624. The van der Waals surface area contributed by atoms with E-state index in [4.69, 9.17) is 6.57 Å². The van der Waals surface area contributed by atoms with Crippen LogP contribution in [0.1, 0.15) is 32.6 Å². The summed E-state index contributed by atoms with van der Waals surface area (Å²) >= 11 is 0. The molecule has 2 aromatic rings. The maximum Gasteiger partial charge on any atom is 0.231 e. The van der Waals surface area contributed by atoms with Crippen LogP contribution in [0.4, 0.5) is 11.4 Å². The van der Waals surface area contributed by atoms with Crippen molar-refractivity contribution in [3.8, 4) is 0 Å². The smallest absolute Gasteiger partial charge is 0.231 e. The van der Waals surface area contributed by atoms with Crippen LogP contribution in [0.25, 0.3) is 10.4 Å². The number of anilines is 1. The molecule has 5 nitrogen and oxygen atoms in total. The zero-order chi connectivity index (χ0) is 13.2. The Kier molecular flexibility index (Phi) is 3.08. The SMILES string of the molecule is [C-]#[N+]c1cnn2nccc2c1NC1CCCCC1C. The van der Waals surface area contributed by atoms with Crippen LogP contribution in [0, 0.1) is 12.5 Å². The summed E-state index contributed by atoms with van der Waals surface area (Å²) in [7, 11) is 0. The molecular formula is C14H17N5. The van der Waals surface area contributed by atoms with Gasteiger partial charge in [0.1, 0.15) is 0 Å². The zero-order valence-electron chi connectivity index (χ0n) is 11.0. The van der Waals surface area contributed by atoms with Crippen LogP contribution in [-0.4, -0.2) is 20.9 Å². The first-order valence-corrected chi connectivity index (χ1v) is 6.76. The predicted octanol–water partition coefficient (Wildman–Crippen LogP) is 3.27. The zero-order valence-corrected chi connectivity index (χ0v) is 11.0. The summed E-state index contributed by atoms with van der Waals surface area (Å²) in [5, 5.41) is 11.8. The molecule has 1 N–H and O–H groups in total. The molecule has 0 saturated heterocycles. The molecule has 3 rings (SSSR count). The molecule has 1 aliphatic carbocycles. The third-order valence-electron chi connectivity index (χ3n) is 3.99. The normalized spacial score (nSPS) is 23.2. The monoisotopic (exact) mass is 255 g/mol. The van der Waals surface area contributed by atoms with Crippen LogP contribution in [0.15, 0.2) is 18.5 Å². The maximum atomic E-state index is 7.30. The Morgan fingerprint density at radius 2 is 2.21 bits per heavy atom. The molecule has 0 spiro atoms. The van der Waals surface area contributed by atoms with Crippen molar-refractivity contribution in [2.24, 2.45) is 5.92 Å². The quantitative estimate of drug-likeness (QED) is 0.838. The number of rotatable bonds is 2. The Morgan fingerprint density at radius 1 is 1.37 bits per heavy atom. The standard InChI is InChI=1S/C14H17N5/c1-10-5-3-4-6-11(10)18-14-12(15-2)9-17-19-13(14)7-8-16-19/h7-11,18H,3-6H2,1H3. The van der Waals surface area contributed by atoms with Crippen LogP contribution in [0.5, 0.6) is 0 Å². The van der Waals surface area contributed by atoms with E-state index in [9.17, 15) is 0 Å². The fourth-order valence-electron chi connectivity index (χ4n) is 2.83. The van der Waals surface area contributed by atoms with Crippen molar-refractivity contribution in [3.05, 3.63) is 29.9 Å². The third-order valence-corrected chi connectivity index (χ3v) is 3.99. The molecule has 2 heterocycles. The highest BCUT2D eigenvalue weighted by molar-refractivity contribution is 5.84. The van der Waals surface area contributed by atoms with Gasteiger partial charge in [0.15, 0.2) is 0 Å². The maximum absolute atomic E-state index is 7.30. The summed E-state index contributed by atoms with van der Waals surface area (Å²) in [6.45, 7) is 9.58. The second kappa shape index (κ2) is 4.88. The summed E-state index contributed by atoms with van der Waals surface area (Å²) < 4.78 is 1.57. The minimum absolute atomic E-state index is 0.440. The number of nitrogens with zero attached hydrogens (tertiary/aromatic N) is 4. The average Bonchev–Trinajstić information content (AvgIpc) is 2.90. The van der Waals surface area contributed by atoms with Crippen molar-refractivity contribution < 1.29 is 0 Å². The van der Waals surface area contributed by atoms with Crippen LogP contribution < -0.4 is 5.32 Å².